The Morgan fingerprint density at radius 1 is 1.22 bits per heavy atom. The Hall–Kier alpha value is -0.270. The third kappa shape index (κ3) is 3.39. The first-order valence-electron chi connectivity index (χ1n) is 6.26. The molecular formula is C12H21FO5. The molecule has 2 aliphatic heterocycles. The van der Waals surface area contributed by atoms with E-state index >= 15 is 0 Å². The maximum Gasteiger partial charge on any atom is 0.204 e. The zero-order valence-corrected chi connectivity index (χ0v) is 11.3. The molecular weight excluding hydrogens is 243 g/mol. The molecule has 0 saturated carbocycles. The quantitative estimate of drug-likeness (QED) is 0.729. The average Bonchev–Trinajstić information content (AvgIpc) is 2.84. The summed E-state index contributed by atoms with van der Waals surface area (Å²) >= 11 is 0. The molecule has 106 valence electrons. The third-order valence-electron chi connectivity index (χ3n) is 3.06. The predicted octanol–water partition coefficient (Wildman–Crippen LogP) is 2.30. The molecule has 5 nitrogen and oxygen atoms in total. The molecule has 0 spiro atoms. The van der Waals surface area contributed by atoms with Gasteiger partial charge in [0, 0.05) is 6.42 Å². The summed E-state index contributed by atoms with van der Waals surface area (Å²) in [4.78, 5) is 3.74. The van der Waals surface area contributed by atoms with Crippen molar-refractivity contribution in [2.24, 2.45) is 0 Å². The van der Waals surface area contributed by atoms with Crippen LogP contribution in [0.1, 0.15) is 40.5 Å². The van der Waals surface area contributed by atoms with Gasteiger partial charge in [0.2, 0.25) is 5.79 Å². The molecule has 2 rings (SSSR count). The smallest absolute Gasteiger partial charge is 0.204 e. The zero-order chi connectivity index (χ0) is 13.4. The highest BCUT2D eigenvalue weighted by atomic mass is 19.3. The lowest BCUT2D eigenvalue weighted by molar-refractivity contribution is -0.367. The van der Waals surface area contributed by atoms with Gasteiger partial charge in [0.15, 0.2) is 12.1 Å². The second-order valence-electron chi connectivity index (χ2n) is 5.64. The fraction of sp³-hybridized carbons (Fsp3) is 1.00. The van der Waals surface area contributed by atoms with Crippen LogP contribution in [0.15, 0.2) is 0 Å². The Balaban J connectivity index is 1.82. The molecule has 2 aliphatic rings. The van der Waals surface area contributed by atoms with Gasteiger partial charge in [0.05, 0.1) is 12.7 Å². The number of halogens is 1. The van der Waals surface area contributed by atoms with E-state index in [-0.39, 0.29) is 12.2 Å². The van der Waals surface area contributed by atoms with Crippen molar-refractivity contribution < 1.29 is 28.4 Å². The Kier molecular flexibility index (Phi) is 3.94. The van der Waals surface area contributed by atoms with E-state index in [1.54, 1.807) is 0 Å². The van der Waals surface area contributed by atoms with Crippen LogP contribution in [0.2, 0.25) is 0 Å². The van der Waals surface area contributed by atoms with Gasteiger partial charge in [-0.2, -0.15) is 4.94 Å². The molecule has 18 heavy (non-hydrogen) atoms. The molecule has 2 saturated heterocycles. The van der Waals surface area contributed by atoms with Crippen LogP contribution in [0, 0.1) is 0 Å². The van der Waals surface area contributed by atoms with Gasteiger partial charge in [0.25, 0.3) is 0 Å². The average molecular weight is 264 g/mol. The zero-order valence-electron chi connectivity index (χ0n) is 11.3. The lowest BCUT2D eigenvalue weighted by Crippen LogP contribution is -2.34. The number of hydrogen-bond donors (Lipinski definition) is 0. The Morgan fingerprint density at radius 3 is 2.50 bits per heavy atom. The largest absolute Gasteiger partial charge is 0.348 e. The molecule has 0 bridgehead atoms. The lowest BCUT2D eigenvalue weighted by atomic mass is 10.1. The molecule has 0 aliphatic carbocycles. The van der Waals surface area contributed by atoms with Crippen molar-refractivity contribution in [1.82, 2.24) is 0 Å². The summed E-state index contributed by atoms with van der Waals surface area (Å²) in [5.74, 6) is -1.85. The van der Waals surface area contributed by atoms with Crippen LogP contribution in [0.5, 0.6) is 0 Å². The van der Waals surface area contributed by atoms with Crippen molar-refractivity contribution in [3.8, 4) is 0 Å². The Bertz CT molecular complexity index is 294. The summed E-state index contributed by atoms with van der Waals surface area (Å²) in [6.07, 6.45) is 0.859. The van der Waals surface area contributed by atoms with E-state index in [2.05, 4.69) is 4.94 Å². The molecule has 0 aromatic carbocycles. The molecule has 3 atom stereocenters. The maximum atomic E-state index is 12.2. The normalized spacial score (nSPS) is 36.2. The van der Waals surface area contributed by atoms with Crippen molar-refractivity contribution in [2.45, 2.75) is 70.6 Å². The minimum absolute atomic E-state index is 0.0767. The van der Waals surface area contributed by atoms with Crippen molar-refractivity contribution in [3.05, 3.63) is 0 Å². The van der Waals surface area contributed by atoms with Crippen LogP contribution in [0.25, 0.3) is 0 Å². The van der Waals surface area contributed by atoms with Gasteiger partial charge in [-0.3, -0.25) is 0 Å². The summed E-state index contributed by atoms with van der Waals surface area (Å²) in [5, 5.41) is 0. The van der Waals surface area contributed by atoms with E-state index < -0.39 is 17.9 Å². The van der Waals surface area contributed by atoms with Crippen molar-refractivity contribution in [3.63, 3.8) is 0 Å². The lowest BCUT2D eigenvalue weighted by Gasteiger charge is -2.25. The number of hydrogen-bond acceptors (Lipinski definition) is 5. The summed E-state index contributed by atoms with van der Waals surface area (Å²) < 4.78 is 34.5. The third-order valence-corrected chi connectivity index (χ3v) is 3.06. The van der Waals surface area contributed by atoms with Gasteiger partial charge in [0.1, 0.15) is 6.10 Å². The topological polar surface area (TPSA) is 46.2 Å². The first-order valence-corrected chi connectivity index (χ1v) is 6.26. The minimum atomic E-state index is -1.29. The van der Waals surface area contributed by atoms with Crippen molar-refractivity contribution in [2.75, 3.05) is 6.61 Å². The number of ether oxygens (including phenoxy) is 4. The summed E-state index contributed by atoms with van der Waals surface area (Å²) in [6, 6.07) is 0. The fourth-order valence-electron chi connectivity index (χ4n) is 2.22. The maximum absolute atomic E-state index is 12.2. The molecule has 0 radical (unpaired) electrons. The van der Waals surface area contributed by atoms with Gasteiger partial charge in [-0.25, -0.2) is 0 Å². The summed E-state index contributed by atoms with van der Waals surface area (Å²) in [7, 11) is 0. The standard InChI is InChI=1S/C12H21FO5/c1-11(2)14-7-9(16-11)8-5-6-10(15-8)17-12(3,4)18-13/h8-10H,5-7H2,1-4H3/t8?,9-,10-/m1/s1. The molecule has 1 unspecified atom stereocenters. The Morgan fingerprint density at radius 2 is 1.94 bits per heavy atom. The van der Waals surface area contributed by atoms with Crippen LogP contribution >= 0.6 is 0 Å². The molecule has 0 amide bonds. The predicted molar refractivity (Wildman–Crippen MR) is 60.2 cm³/mol. The molecule has 0 aromatic rings. The summed E-state index contributed by atoms with van der Waals surface area (Å²) in [6.45, 7) is 7.25. The first kappa shape index (κ1) is 14.1. The van der Waals surface area contributed by atoms with E-state index in [0.29, 0.717) is 13.0 Å². The van der Waals surface area contributed by atoms with Crippen LogP contribution < -0.4 is 0 Å². The molecule has 2 fully saturated rings. The van der Waals surface area contributed by atoms with Crippen LogP contribution in [-0.2, 0) is 23.9 Å². The van der Waals surface area contributed by atoms with E-state index in [1.807, 2.05) is 13.8 Å². The monoisotopic (exact) mass is 264 g/mol. The van der Waals surface area contributed by atoms with Gasteiger partial charge in [-0.1, -0.05) is 0 Å². The Labute approximate surface area is 106 Å². The van der Waals surface area contributed by atoms with Gasteiger partial charge >= 0.3 is 0 Å². The first-order chi connectivity index (χ1) is 8.31. The fourth-order valence-corrected chi connectivity index (χ4v) is 2.22. The molecule has 6 heteroatoms. The van der Waals surface area contributed by atoms with E-state index in [4.69, 9.17) is 18.9 Å². The summed E-state index contributed by atoms with van der Waals surface area (Å²) in [5.41, 5.74) is 0. The SMILES string of the molecule is CC(C)(OF)O[C@@H]1CCC([C@H]2COC(C)(C)O2)O1. The van der Waals surface area contributed by atoms with E-state index in [1.165, 1.54) is 13.8 Å². The van der Waals surface area contributed by atoms with Crippen molar-refractivity contribution >= 4 is 0 Å². The van der Waals surface area contributed by atoms with Crippen LogP contribution in [-0.4, -0.2) is 36.7 Å². The molecule has 0 N–H and O–H groups in total. The highest BCUT2D eigenvalue weighted by molar-refractivity contribution is 4.82. The van der Waals surface area contributed by atoms with Crippen LogP contribution in [0.4, 0.5) is 4.53 Å². The number of rotatable bonds is 4. The molecule has 2 heterocycles. The van der Waals surface area contributed by atoms with Crippen molar-refractivity contribution in [1.29, 1.82) is 0 Å². The van der Waals surface area contributed by atoms with E-state index in [0.717, 1.165) is 6.42 Å². The van der Waals surface area contributed by atoms with Gasteiger partial charge in [-0.15, -0.1) is 0 Å². The van der Waals surface area contributed by atoms with E-state index in [9.17, 15) is 4.53 Å². The second-order valence-corrected chi connectivity index (χ2v) is 5.64. The second kappa shape index (κ2) is 5.02. The van der Waals surface area contributed by atoms with Gasteiger partial charge < -0.3 is 18.9 Å². The van der Waals surface area contributed by atoms with Crippen LogP contribution in [0.3, 0.4) is 0 Å². The van der Waals surface area contributed by atoms with Gasteiger partial charge in [-0.05, 0) is 38.6 Å². The highest BCUT2D eigenvalue weighted by Gasteiger charge is 2.42. The highest BCUT2D eigenvalue weighted by Crippen LogP contribution is 2.33. The molecule has 0 aromatic heterocycles. The minimum Gasteiger partial charge on any atom is -0.348 e.